The summed E-state index contributed by atoms with van der Waals surface area (Å²) in [5.41, 5.74) is 6.36. The summed E-state index contributed by atoms with van der Waals surface area (Å²) in [5, 5.41) is 3.14. The largest absolute Gasteiger partial charge is 0.495 e. The zero-order valence-electron chi connectivity index (χ0n) is 10.0. The summed E-state index contributed by atoms with van der Waals surface area (Å²) in [5.74, 6) is 0.153. The number of hydrogen-bond donors (Lipinski definition) is 2. The van der Waals surface area contributed by atoms with Gasteiger partial charge in [-0.1, -0.05) is 13.8 Å². The number of benzene rings is 1. The average Bonchev–Trinajstić information content (AvgIpc) is 2.28. The molecule has 0 aromatic heterocycles. The van der Waals surface area contributed by atoms with Gasteiger partial charge in [0.25, 0.3) is 0 Å². The van der Waals surface area contributed by atoms with Crippen molar-refractivity contribution in [3.05, 3.63) is 17.9 Å². The fraction of sp³-hybridized carbons (Fsp3) is 0.500. The van der Waals surface area contributed by atoms with E-state index in [0.717, 1.165) is 12.8 Å². The molecule has 0 radical (unpaired) electrons. The van der Waals surface area contributed by atoms with Crippen LogP contribution in [0, 0.1) is 5.82 Å². The van der Waals surface area contributed by atoms with E-state index in [1.165, 1.54) is 13.2 Å². The van der Waals surface area contributed by atoms with E-state index >= 15 is 0 Å². The Balaban J connectivity index is 2.95. The van der Waals surface area contributed by atoms with Crippen molar-refractivity contribution in [2.24, 2.45) is 0 Å². The summed E-state index contributed by atoms with van der Waals surface area (Å²) in [4.78, 5) is 0. The van der Waals surface area contributed by atoms with Gasteiger partial charge in [-0.25, -0.2) is 4.39 Å². The van der Waals surface area contributed by atoms with Gasteiger partial charge in [-0.05, 0) is 12.8 Å². The maximum Gasteiger partial charge on any atom is 0.148 e. The van der Waals surface area contributed by atoms with Crippen LogP contribution in [0.15, 0.2) is 12.1 Å². The predicted octanol–water partition coefficient (Wildman–Crippen LogP) is 3.02. The van der Waals surface area contributed by atoms with Gasteiger partial charge in [0.1, 0.15) is 11.6 Å². The molecule has 0 bridgehead atoms. The molecule has 4 heteroatoms. The molecular formula is C12H19FN2O. The second-order valence-electron chi connectivity index (χ2n) is 3.73. The molecule has 0 unspecified atom stereocenters. The molecule has 16 heavy (non-hydrogen) atoms. The molecule has 3 N–H and O–H groups in total. The summed E-state index contributed by atoms with van der Waals surface area (Å²) < 4.78 is 18.7. The molecule has 0 heterocycles. The van der Waals surface area contributed by atoms with Gasteiger partial charge in [0.2, 0.25) is 0 Å². The van der Waals surface area contributed by atoms with Crippen LogP contribution in [0.4, 0.5) is 15.8 Å². The minimum absolute atomic E-state index is 0.267. The molecule has 3 nitrogen and oxygen atoms in total. The zero-order chi connectivity index (χ0) is 12.1. The van der Waals surface area contributed by atoms with E-state index in [0.29, 0.717) is 17.1 Å². The van der Waals surface area contributed by atoms with Crippen molar-refractivity contribution >= 4 is 11.4 Å². The lowest BCUT2D eigenvalue weighted by atomic mass is 10.1. The SMILES string of the molecule is CCC(CC)Nc1cc(OC)c(N)cc1F. The van der Waals surface area contributed by atoms with E-state index in [1.54, 1.807) is 6.07 Å². The molecule has 0 saturated carbocycles. The van der Waals surface area contributed by atoms with Crippen molar-refractivity contribution in [1.82, 2.24) is 0 Å². The summed E-state index contributed by atoms with van der Waals surface area (Å²) in [6.07, 6.45) is 1.89. The third kappa shape index (κ3) is 2.78. The molecule has 0 aliphatic rings. The Morgan fingerprint density at radius 3 is 2.50 bits per heavy atom. The number of ether oxygens (including phenoxy) is 1. The highest BCUT2D eigenvalue weighted by molar-refractivity contribution is 5.62. The maximum atomic E-state index is 13.6. The quantitative estimate of drug-likeness (QED) is 0.759. The molecule has 0 aliphatic carbocycles. The van der Waals surface area contributed by atoms with Gasteiger partial charge < -0.3 is 15.8 Å². The van der Waals surface area contributed by atoms with Crippen LogP contribution in [0.2, 0.25) is 0 Å². The Morgan fingerprint density at radius 1 is 1.38 bits per heavy atom. The van der Waals surface area contributed by atoms with Gasteiger partial charge in [-0.15, -0.1) is 0 Å². The molecule has 90 valence electrons. The number of nitrogen functional groups attached to an aromatic ring is 1. The predicted molar refractivity (Wildman–Crippen MR) is 65.4 cm³/mol. The Hall–Kier alpha value is -1.45. The highest BCUT2D eigenvalue weighted by atomic mass is 19.1. The van der Waals surface area contributed by atoms with E-state index in [-0.39, 0.29) is 11.9 Å². The fourth-order valence-electron chi connectivity index (χ4n) is 1.57. The van der Waals surface area contributed by atoms with E-state index in [2.05, 4.69) is 19.2 Å². The van der Waals surface area contributed by atoms with Crippen molar-refractivity contribution in [1.29, 1.82) is 0 Å². The van der Waals surface area contributed by atoms with Crippen LogP contribution in [0.3, 0.4) is 0 Å². The van der Waals surface area contributed by atoms with Gasteiger partial charge in [-0.2, -0.15) is 0 Å². The van der Waals surface area contributed by atoms with E-state index in [4.69, 9.17) is 10.5 Å². The van der Waals surface area contributed by atoms with Crippen molar-refractivity contribution in [2.45, 2.75) is 32.7 Å². The van der Waals surface area contributed by atoms with Crippen LogP contribution in [0.1, 0.15) is 26.7 Å². The first-order valence-electron chi connectivity index (χ1n) is 5.51. The number of nitrogens with one attached hydrogen (secondary N) is 1. The molecule has 0 saturated heterocycles. The number of nitrogens with two attached hydrogens (primary N) is 1. The van der Waals surface area contributed by atoms with Crippen LogP contribution in [0.5, 0.6) is 5.75 Å². The smallest absolute Gasteiger partial charge is 0.148 e. The lowest BCUT2D eigenvalue weighted by Crippen LogP contribution is -2.18. The molecule has 0 aliphatic heterocycles. The molecule has 1 rings (SSSR count). The third-order valence-corrected chi connectivity index (χ3v) is 2.66. The first-order valence-corrected chi connectivity index (χ1v) is 5.51. The average molecular weight is 226 g/mol. The van der Waals surface area contributed by atoms with Gasteiger partial charge in [-0.3, -0.25) is 0 Å². The number of methoxy groups -OCH3 is 1. The third-order valence-electron chi connectivity index (χ3n) is 2.66. The minimum atomic E-state index is -0.342. The first-order chi connectivity index (χ1) is 7.62. The molecular weight excluding hydrogens is 207 g/mol. The van der Waals surface area contributed by atoms with Crippen molar-refractivity contribution in [3.8, 4) is 5.75 Å². The van der Waals surface area contributed by atoms with Crippen molar-refractivity contribution < 1.29 is 9.13 Å². The molecule has 0 spiro atoms. The van der Waals surface area contributed by atoms with E-state index in [9.17, 15) is 4.39 Å². The van der Waals surface area contributed by atoms with E-state index < -0.39 is 0 Å². The normalized spacial score (nSPS) is 10.6. The summed E-state index contributed by atoms with van der Waals surface area (Å²) in [6, 6.07) is 3.15. The van der Waals surface area contributed by atoms with Crippen LogP contribution in [0.25, 0.3) is 0 Å². The highest BCUT2D eigenvalue weighted by Gasteiger charge is 2.11. The summed E-state index contributed by atoms with van der Waals surface area (Å²) >= 11 is 0. The van der Waals surface area contributed by atoms with Crippen LogP contribution >= 0.6 is 0 Å². The standard InChI is InChI=1S/C12H19FN2O/c1-4-8(5-2)15-11-7-12(16-3)10(14)6-9(11)13/h6-8,15H,4-5,14H2,1-3H3. The lowest BCUT2D eigenvalue weighted by molar-refractivity contribution is 0.416. The number of halogens is 1. The maximum absolute atomic E-state index is 13.6. The molecule has 0 atom stereocenters. The molecule has 1 aromatic rings. The Morgan fingerprint density at radius 2 is 2.00 bits per heavy atom. The van der Waals surface area contributed by atoms with Gasteiger partial charge >= 0.3 is 0 Å². The number of hydrogen-bond acceptors (Lipinski definition) is 3. The van der Waals surface area contributed by atoms with Gasteiger partial charge in [0.15, 0.2) is 0 Å². The number of rotatable bonds is 5. The Kier molecular flexibility index (Phi) is 4.40. The molecule has 0 amide bonds. The molecule has 1 aromatic carbocycles. The van der Waals surface area contributed by atoms with Crippen molar-refractivity contribution in [2.75, 3.05) is 18.2 Å². The first kappa shape index (κ1) is 12.6. The zero-order valence-corrected chi connectivity index (χ0v) is 10.0. The molecule has 0 fully saturated rings. The Labute approximate surface area is 95.8 Å². The highest BCUT2D eigenvalue weighted by Crippen LogP contribution is 2.29. The Bertz CT molecular complexity index is 351. The van der Waals surface area contributed by atoms with Crippen LogP contribution < -0.4 is 15.8 Å². The topological polar surface area (TPSA) is 47.3 Å². The second-order valence-corrected chi connectivity index (χ2v) is 3.73. The van der Waals surface area contributed by atoms with Crippen LogP contribution in [-0.4, -0.2) is 13.2 Å². The van der Waals surface area contributed by atoms with Crippen molar-refractivity contribution in [3.63, 3.8) is 0 Å². The monoisotopic (exact) mass is 226 g/mol. The lowest BCUT2D eigenvalue weighted by Gasteiger charge is -2.18. The fourth-order valence-corrected chi connectivity index (χ4v) is 1.57. The summed E-state index contributed by atoms with van der Waals surface area (Å²) in [7, 11) is 1.52. The minimum Gasteiger partial charge on any atom is -0.495 e. The number of anilines is 2. The van der Waals surface area contributed by atoms with Gasteiger partial charge in [0, 0.05) is 18.2 Å². The summed E-state index contributed by atoms with van der Waals surface area (Å²) in [6.45, 7) is 4.13. The van der Waals surface area contributed by atoms with E-state index in [1.807, 2.05) is 0 Å². The second kappa shape index (κ2) is 5.58. The van der Waals surface area contributed by atoms with Crippen LogP contribution in [-0.2, 0) is 0 Å². The van der Waals surface area contributed by atoms with Gasteiger partial charge in [0.05, 0.1) is 18.5 Å².